The van der Waals surface area contributed by atoms with Gasteiger partial charge in [0, 0.05) is 0 Å². The van der Waals surface area contributed by atoms with Gasteiger partial charge in [-0.15, -0.1) is 0 Å². The molecule has 0 atom stereocenters. The van der Waals surface area contributed by atoms with Crippen molar-refractivity contribution in [2.24, 2.45) is 0 Å². The first-order valence-corrected chi connectivity index (χ1v) is 5.39. The summed E-state index contributed by atoms with van der Waals surface area (Å²) in [7, 11) is 0. The van der Waals surface area contributed by atoms with Crippen LogP contribution in [0.5, 0.6) is 11.5 Å². The van der Waals surface area contributed by atoms with E-state index in [0.29, 0.717) is 28.2 Å². The molecule has 4 heteroatoms. The quantitative estimate of drug-likeness (QED) is 0.814. The average molecular weight is 245 g/mol. The molecule has 0 heterocycles. The second-order valence-electron chi connectivity index (χ2n) is 3.67. The zero-order valence-corrected chi connectivity index (χ0v) is 9.79. The van der Waals surface area contributed by atoms with Crippen LogP contribution in [-0.2, 0) is 0 Å². The molecule has 0 amide bonds. The molecule has 2 aromatic carbocycles. The number of benzene rings is 2. The molecule has 2 rings (SSSR count). The van der Waals surface area contributed by atoms with E-state index in [2.05, 4.69) is 0 Å². The Balaban J connectivity index is 2.35. The number of hydrogen-bond donors (Lipinski definition) is 0. The Bertz CT molecular complexity index is 728. The largest absolute Gasteiger partial charge is 0.456 e. The lowest BCUT2D eigenvalue weighted by molar-refractivity contribution is 0.481. The summed E-state index contributed by atoms with van der Waals surface area (Å²) in [5.41, 5.74) is 1.30. The number of ether oxygens (including phenoxy) is 1. The maximum Gasteiger partial charge on any atom is 0.146 e. The Morgan fingerprint density at radius 1 is 0.737 bits per heavy atom. The SMILES string of the molecule is N#Cc1ccc(Oc2cc(C#N)ccc2C#N)cc1. The van der Waals surface area contributed by atoms with Gasteiger partial charge in [0.15, 0.2) is 0 Å². The molecular weight excluding hydrogens is 238 g/mol. The Hall–Kier alpha value is -3.29. The van der Waals surface area contributed by atoms with Crippen LogP contribution in [-0.4, -0.2) is 0 Å². The second kappa shape index (κ2) is 5.36. The van der Waals surface area contributed by atoms with Crippen LogP contribution in [0.25, 0.3) is 0 Å². The van der Waals surface area contributed by atoms with Gasteiger partial charge >= 0.3 is 0 Å². The Morgan fingerprint density at radius 3 is 1.95 bits per heavy atom. The van der Waals surface area contributed by atoms with E-state index < -0.39 is 0 Å². The Morgan fingerprint density at radius 2 is 1.37 bits per heavy atom. The molecule has 0 unspecified atom stereocenters. The predicted molar refractivity (Wildman–Crippen MR) is 67.1 cm³/mol. The van der Waals surface area contributed by atoms with Gasteiger partial charge in [-0.2, -0.15) is 15.8 Å². The molecule has 0 bridgehead atoms. The molecule has 19 heavy (non-hydrogen) atoms. The summed E-state index contributed by atoms with van der Waals surface area (Å²) in [6.45, 7) is 0. The number of hydrogen-bond acceptors (Lipinski definition) is 4. The molecule has 0 aliphatic rings. The summed E-state index contributed by atoms with van der Waals surface area (Å²) < 4.78 is 5.56. The van der Waals surface area contributed by atoms with Crippen molar-refractivity contribution >= 4 is 0 Å². The first-order valence-electron chi connectivity index (χ1n) is 5.39. The number of nitrogens with zero attached hydrogens (tertiary/aromatic N) is 3. The topological polar surface area (TPSA) is 80.6 Å². The van der Waals surface area contributed by atoms with Crippen LogP contribution < -0.4 is 4.74 Å². The fourth-order valence-corrected chi connectivity index (χ4v) is 1.49. The minimum atomic E-state index is 0.325. The van der Waals surface area contributed by atoms with Crippen LogP contribution in [0.15, 0.2) is 42.5 Å². The first-order chi connectivity index (χ1) is 9.26. The molecular formula is C15H7N3O. The standard InChI is InChI=1S/C15H7N3O/c16-8-11-2-5-14(6-3-11)19-15-7-12(9-17)1-4-13(15)10-18/h1-7H. The fraction of sp³-hybridized carbons (Fsp3) is 0. The summed E-state index contributed by atoms with van der Waals surface area (Å²) in [6.07, 6.45) is 0. The summed E-state index contributed by atoms with van der Waals surface area (Å²) >= 11 is 0. The molecule has 0 N–H and O–H groups in total. The lowest BCUT2D eigenvalue weighted by Crippen LogP contribution is -1.89. The van der Waals surface area contributed by atoms with Crippen molar-refractivity contribution in [2.45, 2.75) is 0 Å². The summed E-state index contributed by atoms with van der Waals surface area (Å²) in [4.78, 5) is 0. The summed E-state index contributed by atoms with van der Waals surface area (Å²) in [5.74, 6) is 0.830. The van der Waals surface area contributed by atoms with Crippen LogP contribution in [0, 0.1) is 34.0 Å². The molecule has 88 valence electrons. The van der Waals surface area contributed by atoms with E-state index in [9.17, 15) is 0 Å². The third-order valence-corrected chi connectivity index (χ3v) is 2.44. The highest BCUT2D eigenvalue weighted by molar-refractivity contribution is 5.50. The van der Waals surface area contributed by atoms with Gasteiger partial charge < -0.3 is 4.74 Å². The van der Waals surface area contributed by atoms with Gasteiger partial charge in [0.2, 0.25) is 0 Å². The van der Waals surface area contributed by atoms with E-state index in [-0.39, 0.29) is 0 Å². The molecule has 0 fully saturated rings. The van der Waals surface area contributed by atoms with Crippen molar-refractivity contribution in [1.29, 1.82) is 15.8 Å². The minimum absolute atomic E-state index is 0.325. The highest BCUT2D eigenvalue weighted by Crippen LogP contribution is 2.26. The normalized spacial score (nSPS) is 8.89. The van der Waals surface area contributed by atoms with E-state index in [1.165, 1.54) is 12.1 Å². The van der Waals surface area contributed by atoms with E-state index >= 15 is 0 Å². The molecule has 0 aliphatic heterocycles. The predicted octanol–water partition coefficient (Wildman–Crippen LogP) is 3.09. The van der Waals surface area contributed by atoms with Gasteiger partial charge in [0.25, 0.3) is 0 Å². The minimum Gasteiger partial charge on any atom is -0.456 e. The van der Waals surface area contributed by atoms with Crippen LogP contribution >= 0.6 is 0 Å². The van der Waals surface area contributed by atoms with Crippen LogP contribution in [0.1, 0.15) is 16.7 Å². The van der Waals surface area contributed by atoms with Crippen LogP contribution in [0.3, 0.4) is 0 Å². The van der Waals surface area contributed by atoms with Crippen LogP contribution in [0.2, 0.25) is 0 Å². The average Bonchev–Trinajstić information content (AvgIpc) is 2.48. The highest BCUT2D eigenvalue weighted by atomic mass is 16.5. The molecule has 2 aromatic rings. The zero-order valence-electron chi connectivity index (χ0n) is 9.79. The molecule has 0 aliphatic carbocycles. The van der Waals surface area contributed by atoms with Crippen molar-refractivity contribution in [1.82, 2.24) is 0 Å². The van der Waals surface area contributed by atoms with Crippen molar-refractivity contribution in [2.75, 3.05) is 0 Å². The third kappa shape index (κ3) is 2.69. The highest BCUT2D eigenvalue weighted by Gasteiger charge is 2.06. The Labute approximate surface area is 110 Å². The van der Waals surface area contributed by atoms with Crippen molar-refractivity contribution in [3.8, 4) is 29.7 Å². The lowest BCUT2D eigenvalue weighted by atomic mass is 10.1. The van der Waals surface area contributed by atoms with Crippen molar-refractivity contribution in [3.63, 3.8) is 0 Å². The molecule has 0 aromatic heterocycles. The first kappa shape index (κ1) is 12.2. The Kier molecular flexibility index (Phi) is 3.44. The molecule has 0 saturated heterocycles. The van der Waals surface area contributed by atoms with E-state index in [0.717, 1.165) is 0 Å². The van der Waals surface area contributed by atoms with E-state index in [4.69, 9.17) is 20.5 Å². The molecule has 0 saturated carbocycles. The molecule has 0 spiro atoms. The molecule has 0 radical (unpaired) electrons. The maximum absolute atomic E-state index is 8.99. The third-order valence-electron chi connectivity index (χ3n) is 2.44. The van der Waals surface area contributed by atoms with Gasteiger partial charge in [-0.25, -0.2) is 0 Å². The van der Waals surface area contributed by atoms with Gasteiger partial charge in [-0.3, -0.25) is 0 Å². The van der Waals surface area contributed by atoms with Gasteiger partial charge in [0.05, 0.1) is 28.8 Å². The van der Waals surface area contributed by atoms with E-state index in [1.54, 1.807) is 30.3 Å². The van der Waals surface area contributed by atoms with Crippen LogP contribution in [0.4, 0.5) is 0 Å². The summed E-state index contributed by atoms with van der Waals surface area (Å²) in [5, 5.41) is 26.5. The smallest absolute Gasteiger partial charge is 0.146 e. The lowest BCUT2D eigenvalue weighted by Gasteiger charge is -2.07. The summed E-state index contributed by atoms with van der Waals surface area (Å²) in [6, 6.07) is 17.1. The van der Waals surface area contributed by atoms with Crippen molar-refractivity contribution in [3.05, 3.63) is 59.2 Å². The van der Waals surface area contributed by atoms with Gasteiger partial charge in [-0.05, 0) is 42.5 Å². The van der Waals surface area contributed by atoms with Gasteiger partial charge in [0.1, 0.15) is 17.6 Å². The zero-order chi connectivity index (χ0) is 13.7. The van der Waals surface area contributed by atoms with Crippen molar-refractivity contribution < 1.29 is 4.74 Å². The monoisotopic (exact) mass is 245 g/mol. The van der Waals surface area contributed by atoms with Gasteiger partial charge in [-0.1, -0.05) is 0 Å². The second-order valence-corrected chi connectivity index (χ2v) is 3.67. The fourth-order valence-electron chi connectivity index (χ4n) is 1.49. The number of nitriles is 3. The number of rotatable bonds is 2. The molecule has 4 nitrogen and oxygen atoms in total. The van der Waals surface area contributed by atoms with E-state index in [1.807, 2.05) is 18.2 Å². The maximum atomic E-state index is 8.99.